The van der Waals surface area contributed by atoms with Crippen molar-refractivity contribution in [3.63, 3.8) is 0 Å². The lowest BCUT2D eigenvalue weighted by atomic mass is 10.0. The molecule has 118 valence electrons. The molecule has 1 fully saturated rings. The van der Waals surface area contributed by atoms with Gasteiger partial charge in [0.05, 0.1) is 5.56 Å². The average Bonchev–Trinajstić information content (AvgIpc) is 2.63. The summed E-state index contributed by atoms with van der Waals surface area (Å²) in [5.74, 6) is 0.747. The van der Waals surface area contributed by atoms with Gasteiger partial charge >= 0.3 is 6.18 Å². The maximum atomic E-state index is 12.5. The van der Waals surface area contributed by atoms with E-state index in [4.69, 9.17) is 5.73 Å². The zero-order chi connectivity index (χ0) is 15.5. The number of nitrogens with two attached hydrogens (primary N) is 1. The van der Waals surface area contributed by atoms with Crippen molar-refractivity contribution >= 4 is 0 Å². The lowest BCUT2D eigenvalue weighted by Crippen LogP contribution is -2.33. The Labute approximate surface area is 124 Å². The maximum Gasteiger partial charge on any atom is 0.416 e. The second kappa shape index (κ2) is 6.79. The summed E-state index contributed by atoms with van der Waals surface area (Å²) in [5.41, 5.74) is 6.29. The van der Waals surface area contributed by atoms with Crippen molar-refractivity contribution in [1.82, 2.24) is 4.90 Å². The fraction of sp³-hybridized carbons (Fsp3) is 0.625. The first-order valence-electron chi connectivity index (χ1n) is 7.51. The lowest BCUT2D eigenvalue weighted by molar-refractivity contribution is -0.137. The minimum absolute atomic E-state index is 0.235. The van der Waals surface area contributed by atoms with Crippen LogP contribution in [0.1, 0.15) is 43.4 Å². The van der Waals surface area contributed by atoms with Crippen molar-refractivity contribution < 1.29 is 13.2 Å². The monoisotopic (exact) mass is 300 g/mol. The van der Waals surface area contributed by atoms with Gasteiger partial charge in [-0.05, 0) is 56.0 Å². The first kappa shape index (κ1) is 16.3. The quantitative estimate of drug-likeness (QED) is 0.919. The van der Waals surface area contributed by atoms with E-state index in [9.17, 15) is 13.2 Å². The van der Waals surface area contributed by atoms with Crippen molar-refractivity contribution in [2.75, 3.05) is 19.6 Å². The third-order valence-corrected chi connectivity index (χ3v) is 4.23. The largest absolute Gasteiger partial charge is 0.416 e. The first-order chi connectivity index (χ1) is 9.86. The van der Waals surface area contributed by atoms with Crippen molar-refractivity contribution in [1.29, 1.82) is 0 Å². The Bertz CT molecular complexity index is 442. The highest BCUT2D eigenvalue weighted by molar-refractivity contribution is 5.26. The van der Waals surface area contributed by atoms with Gasteiger partial charge < -0.3 is 10.6 Å². The molecule has 0 saturated carbocycles. The summed E-state index contributed by atoms with van der Waals surface area (Å²) in [5, 5.41) is 0. The molecule has 0 spiro atoms. The van der Waals surface area contributed by atoms with Crippen LogP contribution in [0.2, 0.25) is 0 Å². The van der Waals surface area contributed by atoms with E-state index in [2.05, 4.69) is 11.8 Å². The third-order valence-electron chi connectivity index (χ3n) is 4.23. The summed E-state index contributed by atoms with van der Waals surface area (Å²) >= 11 is 0. The predicted molar refractivity (Wildman–Crippen MR) is 77.8 cm³/mol. The highest BCUT2D eigenvalue weighted by atomic mass is 19.4. The van der Waals surface area contributed by atoms with Crippen LogP contribution in [0, 0.1) is 5.92 Å². The normalized spacial score (nSPS) is 22.8. The number of hydrogen-bond acceptors (Lipinski definition) is 2. The number of hydrogen-bond donors (Lipinski definition) is 1. The molecule has 1 saturated heterocycles. The standard InChI is InChI=1S/C16H23F3N2/c1-12-3-2-9-21(10-8-12)11-15(20)13-4-6-14(7-5-13)16(17,18)19/h4-7,12,15H,2-3,8-11,20H2,1H3. The smallest absolute Gasteiger partial charge is 0.323 e. The zero-order valence-corrected chi connectivity index (χ0v) is 12.4. The molecule has 1 aliphatic heterocycles. The molecule has 1 aliphatic rings. The molecule has 0 amide bonds. The van der Waals surface area contributed by atoms with Crippen LogP contribution >= 0.6 is 0 Å². The van der Waals surface area contributed by atoms with Gasteiger partial charge in [-0.15, -0.1) is 0 Å². The summed E-state index contributed by atoms with van der Waals surface area (Å²) in [7, 11) is 0. The van der Waals surface area contributed by atoms with E-state index in [1.807, 2.05) is 0 Å². The topological polar surface area (TPSA) is 29.3 Å². The van der Waals surface area contributed by atoms with Gasteiger partial charge in [-0.2, -0.15) is 13.2 Å². The molecule has 1 aromatic carbocycles. The van der Waals surface area contributed by atoms with E-state index < -0.39 is 11.7 Å². The van der Waals surface area contributed by atoms with E-state index in [1.165, 1.54) is 31.4 Å². The van der Waals surface area contributed by atoms with Gasteiger partial charge in [-0.1, -0.05) is 19.1 Å². The molecule has 1 aromatic rings. The van der Waals surface area contributed by atoms with Crippen molar-refractivity contribution in [2.24, 2.45) is 11.7 Å². The Morgan fingerprint density at radius 3 is 2.48 bits per heavy atom. The Kier molecular flexibility index (Phi) is 5.27. The Morgan fingerprint density at radius 1 is 1.19 bits per heavy atom. The highest BCUT2D eigenvalue weighted by Crippen LogP contribution is 2.30. The third kappa shape index (κ3) is 4.71. The second-order valence-electron chi connectivity index (χ2n) is 6.06. The molecule has 2 rings (SSSR count). The van der Waals surface area contributed by atoms with E-state index in [0.29, 0.717) is 6.54 Å². The van der Waals surface area contributed by atoms with E-state index >= 15 is 0 Å². The molecule has 5 heteroatoms. The van der Waals surface area contributed by atoms with Gasteiger partial charge in [0.1, 0.15) is 0 Å². The van der Waals surface area contributed by atoms with Crippen LogP contribution in [0.5, 0.6) is 0 Å². The summed E-state index contributed by atoms with van der Waals surface area (Å²) in [6, 6.07) is 4.97. The number of nitrogens with zero attached hydrogens (tertiary/aromatic N) is 1. The van der Waals surface area contributed by atoms with Gasteiger partial charge in [0, 0.05) is 12.6 Å². The first-order valence-corrected chi connectivity index (χ1v) is 7.51. The maximum absolute atomic E-state index is 12.5. The van der Waals surface area contributed by atoms with Gasteiger partial charge in [0.25, 0.3) is 0 Å². The van der Waals surface area contributed by atoms with Crippen LogP contribution in [0.3, 0.4) is 0 Å². The summed E-state index contributed by atoms with van der Waals surface area (Å²) in [6.45, 7) is 5.02. The van der Waals surface area contributed by atoms with Crippen LogP contribution < -0.4 is 5.73 Å². The predicted octanol–water partition coefficient (Wildman–Crippen LogP) is 3.83. The SMILES string of the molecule is CC1CCCN(CC(N)c2ccc(C(F)(F)F)cc2)CC1. The molecule has 0 radical (unpaired) electrons. The molecular weight excluding hydrogens is 277 g/mol. The van der Waals surface area contributed by atoms with Crippen LogP contribution in [0.15, 0.2) is 24.3 Å². The van der Waals surface area contributed by atoms with Crippen LogP contribution in [-0.4, -0.2) is 24.5 Å². The van der Waals surface area contributed by atoms with Crippen LogP contribution in [0.4, 0.5) is 13.2 Å². The molecule has 0 bridgehead atoms. The Morgan fingerprint density at radius 2 is 1.86 bits per heavy atom. The van der Waals surface area contributed by atoms with E-state index in [1.54, 1.807) is 0 Å². The minimum atomic E-state index is -4.29. The van der Waals surface area contributed by atoms with E-state index in [0.717, 1.165) is 36.7 Å². The van der Waals surface area contributed by atoms with Crippen molar-refractivity contribution in [2.45, 2.75) is 38.4 Å². The molecular formula is C16H23F3N2. The molecule has 2 unspecified atom stereocenters. The summed E-state index contributed by atoms with van der Waals surface area (Å²) < 4.78 is 37.6. The van der Waals surface area contributed by atoms with Gasteiger partial charge in [-0.3, -0.25) is 0 Å². The second-order valence-corrected chi connectivity index (χ2v) is 6.06. The number of halogens is 3. The molecule has 0 aromatic heterocycles. The Balaban J connectivity index is 1.95. The minimum Gasteiger partial charge on any atom is -0.323 e. The molecule has 0 aliphatic carbocycles. The van der Waals surface area contributed by atoms with Crippen LogP contribution in [0.25, 0.3) is 0 Å². The number of benzene rings is 1. The molecule has 21 heavy (non-hydrogen) atoms. The molecule has 1 heterocycles. The van der Waals surface area contributed by atoms with Gasteiger partial charge in [0.2, 0.25) is 0 Å². The van der Waals surface area contributed by atoms with Gasteiger partial charge in [0.15, 0.2) is 0 Å². The molecule has 2 N–H and O–H groups in total. The average molecular weight is 300 g/mol. The Hall–Kier alpha value is -1.07. The molecule has 2 nitrogen and oxygen atoms in total. The summed E-state index contributed by atoms with van der Waals surface area (Å²) in [6.07, 6.45) is -0.712. The van der Waals surface area contributed by atoms with E-state index in [-0.39, 0.29) is 6.04 Å². The van der Waals surface area contributed by atoms with Crippen LogP contribution in [-0.2, 0) is 6.18 Å². The number of rotatable bonds is 3. The fourth-order valence-corrected chi connectivity index (χ4v) is 2.81. The zero-order valence-electron chi connectivity index (χ0n) is 12.4. The fourth-order valence-electron chi connectivity index (χ4n) is 2.81. The number of alkyl halides is 3. The lowest BCUT2D eigenvalue weighted by Gasteiger charge is -2.24. The molecule has 2 atom stereocenters. The van der Waals surface area contributed by atoms with Crippen molar-refractivity contribution in [3.05, 3.63) is 35.4 Å². The van der Waals surface area contributed by atoms with Crippen molar-refractivity contribution in [3.8, 4) is 0 Å². The number of likely N-dealkylation sites (tertiary alicyclic amines) is 1. The summed E-state index contributed by atoms with van der Waals surface area (Å²) in [4.78, 5) is 2.33. The van der Waals surface area contributed by atoms with Gasteiger partial charge in [-0.25, -0.2) is 0 Å². The highest BCUT2D eigenvalue weighted by Gasteiger charge is 2.30.